The average molecular weight is 384 g/mol. The Labute approximate surface area is 164 Å². The van der Waals surface area contributed by atoms with Gasteiger partial charge in [-0.05, 0) is 36.1 Å². The van der Waals surface area contributed by atoms with Crippen LogP contribution in [0.4, 0.5) is 0 Å². The molecule has 0 heterocycles. The first-order valence-corrected chi connectivity index (χ1v) is 9.10. The minimum atomic E-state index is -0.686. The van der Waals surface area contributed by atoms with Crippen LogP contribution in [-0.4, -0.2) is 24.4 Å². The van der Waals surface area contributed by atoms with Crippen LogP contribution in [0.3, 0.4) is 0 Å². The van der Waals surface area contributed by atoms with Gasteiger partial charge in [0.2, 0.25) is 5.91 Å². The Morgan fingerprint density at radius 3 is 2.37 bits per heavy atom. The Bertz CT molecular complexity index is 841. The number of benzene rings is 2. The lowest BCUT2D eigenvalue weighted by Crippen LogP contribution is -2.47. The highest BCUT2D eigenvalue weighted by molar-refractivity contribution is 6.33. The molecule has 0 aliphatic rings. The van der Waals surface area contributed by atoms with Crippen LogP contribution in [-0.2, 0) is 4.79 Å². The number of carbonyl (C=O) groups excluding carboxylic acids is 2. The van der Waals surface area contributed by atoms with Gasteiger partial charge >= 0.3 is 0 Å². The van der Waals surface area contributed by atoms with Gasteiger partial charge in [-0.3, -0.25) is 9.59 Å². The highest BCUT2D eigenvalue weighted by Crippen LogP contribution is 2.27. The maximum Gasteiger partial charge on any atom is 0.251 e. The third-order valence-corrected chi connectivity index (χ3v) is 4.33. The van der Waals surface area contributed by atoms with Gasteiger partial charge in [0, 0.05) is 16.1 Å². The molecule has 0 spiro atoms. The number of amides is 2. The number of hydrogen-bond donors (Lipinski definition) is 2. The predicted octanol–water partition coefficient (Wildman–Crippen LogP) is 3.79. The molecule has 2 amide bonds. The topological polar surface area (TPSA) is 82.0 Å². The Morgan fingerprint density at radius 2 is 1.78 bits per heavy atom. The Kier molecular flexibility index (Phi) is 7.39. The lowest BCUT2D eigenvalue weighted by atomic mass is 10.0. The summed E-state index contributed by atoms with van der Waals surface area (Å²) in [5.74, 6) is -0.476. The minimum absolute atomic E-state index is 0.0875. The number of nitriles is 1. The molecular formula is C21H22ClN3O2. The summed E-state index contributed by atoms with van der Waals surface area (Å²) >= 11 is 6.21. The number of hydrogen-bond acceptors (Lipinski definition) is 3. The zero-order valence-electron chi connectivity index (χ0n) is 15.3. The van der Waals surface area contributed by atoms with E-state index in [1.165, 1.54) is 0 Å². The molecule has 0 bridgehead atoms. The Hall–Kier alpha value is -2.84. The summed E-state index contributed by atoms with van der Waals surface area (Å²) in [4.78, 5) is 24.7. The fourth-order valence-corrected chi connectivity index (χ4v) is 2.94. The molecule has 0 unspecified atom stereocenters. The molecule has 0 aliphatic carbocycles. The molecule has 0 fully saturated rings. The van der Waals surface area contributed by atoms with E-state index in [4.69, 9.17) is 16.9 Å². The van der Waals surface area contributed by atoms with Gasteiger partial charge in [-0.2, -0.15) is 5.26 Å². The van der Waals surface area contributed by atoms with Crippen molar-refractivity contribution in [2.24, 2.45) is 5.92 Å². The molecule has 140 valence electrons. The highest BCUT2D eigenvalue weighted by atomic mass is 35.5. The molecule has 2 aromatic rings. The number of halogens is 1. The van der Waals surface area contributed by atoms with Crippen molar-refractivity contribution in [1.82, 2.24) is 10.6 Å². The van der Waals surface area contributed by atoms with Crippen LogP contribution < -0.4 is 10.6 Å². The van der Waals surface area contributed by atoms with Gasteiger partial charge in [-0.15, -0.1) is 0 Å². The van der Waals surface area contributed by atoms with Crippen LogP contribution in [0, 0.1) is 17.2 Å². The molecule has 0 saturated heterocycles. The number of nitrogens with zero attached hydrogens (tertiary/aromatic N) is 1. The van der Waals surface area contributed by atoms with Crippen molar-refractivity contribution in [2.75, 3.05) is 6.54 Å². The van der Waals surface area contributed by atoms with E-state index in [9.17, 15) is 9.59 Å². The molecule has 5 nitrogen and oxygen atoms in total. The van der Waals surface area contributed by atoms with Gasteiger partial charge in [0.05, 0.1) is 6.07 Å². The molecule has 0 aliphatic heterocycles. The fourth-order valence-electron chi connectivity index (χ4n) is 2.69. The number of rotatable bonds is 7. The monoisotopic (exact) mass is 383 g/mol. The van der Waals surface area contributed by atoms with E-state index >= 15 is 0 Å². The fraction of sp³-hybridized carbons (Fsp3) is 0.286. The number of carbonyl (C=O) groups is 2. The molecule has 1 atom stereocenters. The summed E-state index contributed by atoms with van der Waals surface area (Å²) in [5, 5.41) is 14.5. The standard InChI is InChI=1S/C21H22ClN3O2/c1-14(2)13-19(21(27)24-12-11-23)25-20(26)16-9-7-15(8-10-16)17-5-3-4-6-18(17)22/h3-10,14,19H,12-13H2,1-2H3,(H,24,27)(H,25,26)/t19-/m0/s1. The summed E-state index contributed by atoms with van der Waals surface area (Å²) in [5.41, 5.74) is 2.25. The van der Waals surface area contributed by atoms with Crippen molar-refractivity contribution in [3.05, 3.63) is 59.1 Å². The first kappa shape index (κ1) is 20.5. The highest BCUT2D eigenvalue weighted by Gasteiger charge is 2.22. The smallest absolute Gasteiger partial charge is 0.251 e. The summed E-state index contributed by atoms with van der Waals surface area (Å²) < 4.78 is 0. The maximum atomic E-state index is 12.5. The second-order valence-corrected chi connectivity index (χ2v) is 7.00. The van der Waals surface area contributed by atoms with Gasteiger partial charge in [-0.25, -0.2) is 0 Å². The van der Waals surface area contributed by atoms with Crippen LogP contribution in [0.2, 0.25) is 5.02 Å². The molecule has 0 radical (unpaired) electrons. The molecule has 0 saturated carbocycles. The summed E-state index contributed by atoms with van der Waals surface area (Å²) in [6, 6.07) is 15.7. The first-order chi connectivity index (χ1) is 12.9. The van der Waals surface area contributed by atoms with Gasteiger partial charge < -0.3 is 10.6 Å². The lowest BCUT2D eigenvalue weighted by Gasteiger charge is -2.19. The van der Waals surface area contributed by atoms with E-state index in [0.717, 1.165) is 11.1 Å². The third kappa shape index (κ3) is 5.83. The van der Waals surface area contributed by atoms with E-state index in [1.54, 1.807) is 12.1 Å². The zero-order valence-corrected chi connectivity index (χ0v) is 16.1. The van der Waals surface area contributed by atoms with Crippen molar-refractivity contribution in [3.63, 3.8) is 0 Å². The van der Waals surface area contributed by atoms with Crippen molar-refractivity contribution in [3.8, 4) is 17.2 Å². The lowest BCUT2D eigenvalue weighted by molar-refractivity contribution is -0.123. The van der Waals surface area contributed by atoms with Gasteiger partial charge in [0.15, 0.2) is 0 Å². The van der Waals surface area contributed by atoms with E-state index in [1.807, 2.05) is 56.3 Å². The van der Waals surface area contributed by atoms with E-state index < -0.39 is 6.04 Å². The number of nitrogens with one attached hydrogen (secondary N) is 2. The van der Waals surface area contributed by atoms with Crippen LogP contribution in [0.15, 0.2) is 48.5 Å². The minimum Gasteiger partial charge on any atom is -0.341 e. The van der Waals surface area contributed by atoms with Crippen LogP contribution in [0.1, 0.15) is 30.6 Å². The summed E-state index contributed by atoms with van der Waals surface area (Å²) in [6.45, 7) is 3.85. The Balaban J connectivity index is 2.12. The third-order valence-electron chi connectivity index (χ3n) is 4.00. The van der Waals surface area contributed by atoms with E-state index in [-0.39, 0.29) is 24.3 Å². The van der Waals surface area contributed by atoms with Gasteiger partial charge in [0.1, 0.15) is 12.6 Å². The molecular weight excluding hydrogens is 362 g/mol. The van der Waals surface area contributed by atoms with Crippen molar-refractivity contribution in [2.45, 2.75) is 26.3 Å². The molecule has 0 aromatic heterocycles. The van der Waals surface area contributed by atoms with Crippen LogP contribution in [0.25, 0.3) is 11.1 Å². The second kappa shape index (κ2) is 9.75. The molecule has 27 heavy (non-hydrogen) atoms. The molecule has 2 N–H and O–H groups in total. The van der Waals surface area contributed by atoms with Crippen molar-refractivity contribution < 1.29 is 9.59 Å². The SMILES string of the molecule is CC(C)C[C@H](NC(=O)c1ccc(-c2ccccc2Cl)cc1)C(=O)NCC#N. The van der Waals surface area contributed by atoms with Crippen molar-refractivity contribution >= 4 is 23.4 Å². The van der Waals surface area contributed by atoms with E-state index in [0.29, 0.717) is 17.0 Å². The Morgan fingerprint density at radius 1 is 1.11 bits per heavy atom. The summed E-state index contributed by atoms with van der Waals surface area (Å²) in [6.07, 6.45) is 0.487. The largest absolute Gasteiger partial charge is 0.341 e. The van der Waals surface area contributed by atoms with Crippen LogP contribution >= 0.6 is 11.6 Å². The second-order valence-electron chi connectivity index (χ2n) is 6.59. The normalized spacial score (nSPS) is 11.5. The predicted molar refractivity (Wildman–Crippen MR) is 106 cm³/mol. The zero-order chi connectivity index (χ0) is 19.8. The molecule has 2 rings (SSSR count). The average Bonchev–Trinajstić information content (AvgIpc) is 2.65. The van der Waals surface area contributed by atoms with Crippen molar-refractivity contribution in [1.29, 1.82) is 5.26 Å². The summed E-state index contributed by atoms with van der Waals surface area (Å²) in [7, 11) is 0. The van der Waals surface area contributed by atoms with Gasteiger partial charge in [0.25, 0.3) is 5.91 Å². The molecule has 6 heteroatoms. The maximum absolute atomic E-state index is 12.5. The quantitative estimate of drug-likeness (QED) is 0.713. The molecule has 2 aromatic carbocycles. The van der Waals surface area contributed by atoms with E-state index in [2.05, 4.69) is 10.6 Å². The first-order valence-electron chi connectivity index (χ1n) is 8.73. The van der Waals surface area contributed by atoms with Crippen LogP contribution in [0.5, 0.6) is 0 Å². The van der Waals surface area contributed by atoms with Gasteiger partial charge in [-0.1, -0.05) is 55.8 Å².